The lowest BCUT2D eigenvalue weighted by atomic mass is 10.1. The maximum atomic E-state index is 12.9. The van der Waals surface area contributed by atoms with Gasteiger partial charge in [0.1, 0.15) is 11.4 Å². The zero-order valence-corrected chi connectivity index (χ0v) is 18.3. The van der Waals surface area contributed by atoms with E-state index in [0.29, 0.717) is 12.0 Å². The van der Waals surface area contributed by atoms with Crippen LogP contribution in [0.2, 0.25) is 0 Å². The second-order valence-electron chi connectivity index (χ2n) is 9.79. The number of amides is 1. The van der Waals surface area contributed by atoms with Crippen LogP contribution in [-0.2, 0) is 4.74 Å². The third-order valence-electron chi connectivity index (χ3n) is 5.65. The molecule has 1 unspecified atom stereocenters. The van der Waals surface area contributed by atoms with Gasteiger partial charge in [-0.1, -0.05) is 32.8 Å². The smallest absolute Gasteiger partial charge is 0.416 e. The van der Waals surface area contributed by atoms with E-state index >= 15 is 0 Å². The molecule has 1 aliphatic heterocycles. The average molecular weight is 388 g/mol. The molecule has 0 radical (unpaired) electrons. The first-order chi connectivity index (χ1) is 13.2. The molecule has 2 heterocycles. The third-order valence-corrected chi connectivity index (χ3v) is 5.65. The SMILES string of the molecule is CC(C)CN1CCCC1c1ccc(N(C(=O)OC(C)(C)C)C2CCCC2)nc1. The number of carbonyl (C=O) groups is 1. The molecule has 1 saturated heterocycles. The highest BCUT2D eigenvalue weighted by Gasteiger charge is 2.33. The Labute approximate surface area is 170 Å². The molecule has 0 bridgehead atoms. The van der Waals surface area contributed by atoms with Gasteiger partial charge < -0.3 is 4.74 Å². The van der Waals surface area contributed by atoms with E-state index in [0.717, 1.165) is 44.6 Å². The van der Waals surface area contributed by atoms with Crippen LogP contribution < -0.4 is 4.90 Å². The number of rotatable bonds is 5. The Kier molecular flexibility index (Phi) is 6.64. The fourth-order valence-corrected chi connectivity index (χ4v) is 4.53. The molecular formula is C23H37N3O2. The number of carbonyl (C=O) groups excluding carboxylic acids is 1. The van der Waals surface area contributed by atoms with Crippen molar-refractivity contribution >= 4 is 11.9 Å². The van der Waals surface area contributed by atoms with Crippen molar-refractivity contribution in [1.82, 2.24) is 9.88 Å². The van der Waals surface area contributed by atoms with E-state index in [2.05, 4.69) is 24.8 Å². The lowest BCUT2D eigenvalue weighted by molar-refractivity contribution is 0.0564. The standard InChI is InChI=1S/C23H37N3O2/c1-17(2)16-25-14-8-11-20(25)18-12-13-21(24-15-18)26(19-9-6-7-10-19)22(27)28-23(3,4)5/h12-13,15,17,19-20H,6-11,14,16H2,1-5H3. The first kappa shape index (κ1) is 21.1. The quantitative estimate of drug-likeness (QED) is 0.664. The molecule has 1 aliphatic carbocycles. The molecule has 1 saturated carbocycles. The van der Waals surface area contributed by atoms with E-state index in [1.165, 1.54) is 18.4 Å². The number of ether oxygens (including phenoxy) is 1. The zero-order chi connectivity index (χ0) is 20.3. The van der Waals surface area contributed by atoms with E-state index in [-0.39, 0.29) is 12.1 Å². The fraction of sp³-hybridized carbons (Fsp3) is 0.739. The summed E-state index contributed by atoms with van der Waals surface area (Å²) in [5, 5.41) is 0. The minimum Gasteiger partial charge on any atom is -0.443 e. The van der Waals surface area contributed by atoms with E-state index in [1.807, 2.05) is 33.0 Å². The predicted octanol–water partition coefficient (Wildman–Crippen LogP) is 5.56. The van der Waals surface area contributed by atoms with Crippen LogP contribution in [0.25, 0.3) is 0 Å². The van der Waals surface area contributed by atoms with Crippen LogP contribution in [0, 0.1) is 5.92 Å². The lowest BCUT2D eigenvalue weighted by Crippen LogP contribution is -2.43. The second kappa shape index (κ2) is 8.81. The van der Waals surface area contributed by atoms with Gasteiger partial charge in [0.2, 0.25) is 0 Å². The predicted molar refractivity (Wildman–Crippen MR) is 114 cm³/mol. The number of hydrogen-bond acceptors (Lipinski definition) is 4. The van der Waals surface area contributed by atoms with Crippen molar-refractivity contribution in [2.45, 2.75) is 90.8 Å². The first-order valence-electron chi connectivity index (χ1n) is 11.0. The fourth-order valence-electron chi connectivity index (χ4n) is 4.53. The summed E-state index contributed by atoms with van der Waals surface area (Å²) in [5.74, 6) is 1.39. The third kappa shape index (κ3) is 5.25. The minimum atomic E-state index is -0.505. The molecule has 0 N–H and O–H groups in total. The molecule has 1 amide bonds. The van der Waals surface area contributed by atoms with E-state index in [4.69, 9.17) is 9.72 Å². The summed E-state index contributed by atoms with van der Waals surface area (Å²) < 4.78 is 5.70. The summed E-state index contributed by atoms with van der Waals surface area (Å²) in [7, 11) is 0. The summed E-state index contributed by atoms with van der Waals surface area (Å²) in [6.07, 6.45) is 8.49. The molecule has 1 aromatic rings. The molecule has 1 atom stereocenters. The van der Waals surface area contributed by atoms with E-state index in [1.54, 1.807) is 4.90 Å². The molecular weight excluding hydrogens is 350 g/mol. The van der Waals surface area contributed by atoms with Gasteiger partial charge in [-0.25, -0.2) is 9.78 Å². The topological polar surface area (TPSA) is 45.7 Å². The zero-order valence-electron chi connectivity index (χ0n) is 18.3. The minimum absolute atomic E-state index is 0.192. The van der Waals surface area contributed by atoms with Gasteiger partial charge >= 0.3 is 6.09 Å². The number of anilines is 1. The monoisotopic (exact) mass is 387 g/mol. The first-order valence-corrected chi connectivity index (χ1v) is 11.0. The number of hydrogen-bond donors (Lipinski definition) is 0. The van der Waals surface area contributed by atoms with Crippen LogP contribution in [0.4, 0.5) is 10.6 Å². The van der Waals surface area contributed by atoms with Crippen LogP contribution in [0.3, 0.4) is 0 Å². The Morgan fingerprint density at radius 1 is 1.21 bits per heavy atom. The van der Waals surface area contributed by atoms with Gasteiger partial charge in [0.25, 0.3) is 0 Å². The molecule has 28 heavy (non-hydrogen) atoms. The molecule has 1 aromatic heterocycles. The van der Waals surface area contributed by atoms with E-state index < -0.39 is 5.60 Å². The highest BCUT2D eigenvalue weighted by atomic mass is 16.6. The van der Waals surface area contributed by atoms with Gasteiger partial charge in [-0.05, 0) is 70.5 Å². The van der Waals surface area contributed by atoms with Gasteiger partial charge in [-0.15, -0.1) is 0 Å². The maximum absolute atomic E-state index is 12.9. The van der Waals surface area contributed by atoms with Crippen LogP contribution in [-0.4, -0.2) is 40.7 Å². The molecule has 156 valence electrons. The molecule has 2 fully saturated rings. The van der Waals surface area contributed by atoms with Crippen molar-refractivity contribution in [3.63, 3.8) is 0 Å². The van der Waals surface area contributed by atoms with Crippen molar-refractivity contribution in [3.8, 4) is 0 Å². The summed E-state index contributed by atoms with van der Waals surface area (Å²) in [6.45, 7) is 12.6. The summed E-state index contributed by atoms with van der Waals surface area (Å²) in [5.41, 5.74) is 0.757. The highest BCUT2D eigenvalue weighted by molar-refractivity contribution is 5.87. The maximum Gasteiger partial charge on any atom is 0.416 e. The Balaban J connectivity index is 1.79. The number of pyridine rings is 1. The van der Waals surface area contributed by atoms with Crippen LogP contribution in [0.5, 0.6) is 0 Å². The Morgan fingerprint density at radius 3 is 2.50 bits per heavy atom. The lowest BCUT2D eigenvalue weighted by Gasteiger charge is -2.31. The summed E-state index contributed by atoms with van der Waals surface area (Å²) in [4.78, 5) is 22.0. The van der Waals surface area contributed by atoms with Crippen molar-refractivity contribution in [2.24, 2.45) is 5.92 Å². The average Bonchev–Trinajstić information content (AvgIpc) is 3.26. The normalized spacial score (nSPS) is 21.4. The Hall–Kier alpha value is -1.62. The van der Waals surface area contributed by atoms with Crippen LogP contribution in [0.1, 0.15) is 84.7 Å². The van der Waals surface area contributed by atoms with Crippen molar-refractivity contribution < 1.29 is 9.53 Å². The Morgan fingerprint density at radius 2 is 1.93 bits per heavy atom. The van der Waals surface area contributed by atoms with Crippen molar-refractivity contribution in [2.75, 3.05) is 18.0 Å². The summed E-state index contributed by atoms with van der Waals surface area (Å²) >= 11 is 0. The summed E-state index contributed by atoms with van der Waals surface area (Å²) in [6, 6.07) is 4.82. The van der Waals surface area contributed by atoms with Gasteiger partial charge in [-0.2, -0.15) is 0 Å². The van der Waals surface area contributed by atoms with E-state index in [9.17, 15) is 4.79 Å². The molecule has 5 heteroatoms. The highest BCUT2D eigenvalue weighted by Crippen LogP contribution is 2.34. The Bertz CT molecular complexity index is 645. The van der Waals surface area contributed by atoms with Gasteiger partial charge in [0, 0.05) is 24.8 Å². The van der Waals surface area contributed by atoms with Gasteiger partial charge in [0.15, 0.2) is 0 Å². The van der Waals surface area contributed by atoms with Crippen LogP contribution >= 0.6 is 0 Å². The molecule has 0 aromatic carbocycles. The molecule has 5 nitrogen and oxygen atoms in total. The number of aromatic nitrogens is 1. The molecule has 3 rings (SSSR count). The van der Waals surface area contributed by atoms with Crippen molar-refractivity contribution in [3.05, 3.63) is 23.9 Å². The van der Waals surface area contributed by atoms with Crippen LogP contribution in [0.15, 0.2) is 18.3 Å². The van der Waals surface area contributed by atoms with Crippen molar-refractivity contribution in [1.29, 1.82) is 0 Å². The van der Waals surface area contributed by atoms with Gasteiger partial charge in [0.05, 0.1) is 0 Å². The largest absolute Gasteiger partial charge is 0.443 e. The second-order valence-corrected chi connectivity index (χ2v) is 9.79. The number of nitrogens with zero attached hydrogens (tertiary/aromatic N) is 3. The molecule has 0 spiro atoms. The number of likely N-dealkylation sites (tertiary alicyclic amines) is 1. The molecule has 2 aliphatic rings. The van der Waals surface area contributed by atoms with Gasteiger partial charge in [-0.3, -0.25) is 9.80 Å².